The van der Waals surface area contributed by atoms with Crippen molar-refractivity contribution in [1.29, 1.82) is 0 Å². The summed E-state index contributed by atoms with van der Waals surface area (Å²) in [5, 5.41) is 2.60. The summed E-state index contributed by atoms with van der Waals surface area (Å²) in [6, 6.07) is 5.13. The zero-order valence-electron chi connectivity index (χ0n) is 13.5. The van der Waals surface area contributed by atoms with E-state index in [-0.39, 0.29) is 16.7 Å². The molecule has 10 heteroatoms. The minimum absolute atomic E-state index is 0.00871. The Balaban J connectivity index is 1.81. The van der Waals surface area contributed by atoms with E-state index in [4.69, 9.17) is 11.6 Å². The molecule has 6 nitrogen and oxygen atoms in total. The second-order valence-electron chi connectivity index (χ2n) is 5.68. The smallest absolute Gasteiger partial charge is 0.353 e. The lowest BCUT2D eigenvalue weighted by Crippen LogP contribution is -2.46. The van der Waals surface area contributed by atoms with Gasteiger partial charge < -0.3 is 15.1 Å². The van der Waals surface area contributed by atoms with Gasteiger partial charge in [-0.15, -0.1) is 0 Å². The molecule has 1 N–H and O–H groups in total. The number of rotatable bonds is 4. The molecule has 0 unspecified atom stereocenters. The SMILES string of the molecule is O=CN1CCN(c2ccnc(Nc3ccc(Cl)cc3C(F)(F)F)n2)CC1. The molecule has 0 atom stereocenters. The van der Waals surface area contributed by atoms with Crippen LogP contribution in [0.1, 0.15) is 5.56 Å². The highest BCUT2D eigenvalue weighted by molar-refractivity contribution is 6.30. The average molecular weight is 386 g/mol. The van der Waals surface area contributed by atoms with Crippen molar-refractivity contribution in [3.05, 3.63) is 41.0 Å². The zero-order chi connectivity index (χ0) is 18.7. The Morgan fingerprint density at radius 1 is 1.15 bits per heavy atom. The quantitative estimate of drug-likeness (QED) is 0.819. The maximum absolute atomic E-state index is 13.2. The molecule has 2 heterocycles. The van der Waals surface area contributed by atoms with Crippen molar-refractivity contribution in [3.63, 3.8) is 0 Å². The summed E-state index contributed by atoms with van der Waals surface area (Å²) in [7, 11) is 0. The van der Waals surface area contributed by atoms with Crippen LogP contribution in [-0.4, -0.2) is 47.5 Å². The van der Waals surface area contributed by atoms with Crippen molar-refractivity contribution >= 4 is 35.5 Å². The number of piperazine rings is 1. The Hall–Kier alpha value is -2.55. The van der Waals surface area contributed by atoms with Gasteiger partial charge in [-0.1, -0.05) is 11.6 Å². The summed E-state index contributed by atoms with van der Waals surface area (Å²) in [4.78, 5) is 22.6. The summed E-state index contributed by atoms with van der Waals surface area (Å²) >= 11 is 5.68. The van der Waals surface area contributed by atoms with Gasteiger partial charge in [0.1, 0.15) is 5.82 Å². The van der Waals surface area contributed by atoms with Gasteiger partial charge in [0, 0.05) is 37.4 Å². The van der Waals surface area contributed by atoms with Crippen molar-refractivity contribution in [1.82, 2.24) is 14.9 Å². The first-order chi connectivity index (χ1) is 12.4. The summed E-state index contributed by atoms with van der Waals surface area (Å²) in [6.07, 6.45) is -2.29. The van der Waals surface area contributed by atoms with E-state index < -0.39 is 11.7 Å². The molecule has 1 fully saturated rings. The molecule has 0 bridgehead atoms. The monoisotopic (exact) mass is 385 g/mol. The van der Waals surface area contributed by atoms with Crippen molar-refractivity contribution in [2.45, 2.75) is 6.18 Å². The highest BCUT2D eigenvalue weighted by Crippen LogP contribution is 2.37. The topological polar surface area (TPSA) is 61.4 Å². The van der Waals surface area contributed by atoms with Gasteiger partial charge in [0.25, 0.3) is 0 Å². The second-order valence-corrected chi connectivity index (χ2v) is 6.12. The van der Waals surface area contributed by atoms with Crippen LogP contribution < -0.4 is 10.2 Å². The Bertz CT molecular complexity index is 794. The lowest BCUT2D eigenvalue weighted by atomic mass is 10.1. The van der Waals surface area contributed by atoms with Crippen LogP contribution in [0.15, 0.2) is 30.5 Å². The minimum atomic E-state index is -4.56. The number of hydrogen-bond donors (Lipinski definition) is 1. The van der Waals surface area contributed by atoms with E-state index in [1.807, 2.05) is 4.90 Å². The number of amides is 1. The lowest BCUT2D eigenvalue weighted by molar-refractivity contribution is -0.136. The van der Waals surface area contributed by atoms with Gasteiger partial charge in [-0.2, -0.15) is 18.2 Å². The van der Waals surface area contributed by atoms with Crippen LogP contribution in [0.25, 0.3) is 0 Å². The number of alkyl halides is 3. The predicted molar refractivity (Wildman–Crippen MR) is 91.6 cm³/mol. The normalized spacial score (nSPS) is 15.1. The third kappa shape index (κ3) is 4.16. The first-order valence-corrected chi connectivity index (χ1v) is 8.16. The van der Waals surface area contributed by atoms with E-state index in [1.54, 1.807) is 11.0 Å². The zero-order valence-corrected chi connectivity index (χ0v) is 14.3. The minimum Gasteiger partial charge on any atom is -0.353 e. The van der Waals surface area contributed by atoms with E-state index in [0.717, 1.165) is 12.5 Å². The van der Waals surface area contributed by atoms with Crippen molar-refractivity contribution < 1.29 is 18.0 Å². The Morgan fingerprint density at radius 2 is 1.88 bits per heavy atom. The molecule has 1 aliphatic heterocycles. The second kappa shape index (κ2) is 7.36. The molecule has 1 amide bonds. The van der Waals surface area contributed by atoms with Crippen LogP contribution in [0.5, 0.6) is 0 Å². The molecular formula is C16H15ClF3N5O. The largest absolute Gasteiger partial charge is 0.418 e. The van der Waals surface area contributed by atoms with Crippen LogP contribution in [0.2, 0.25) is 5.02 Å². The molecule has 138 valence electrons. The standard InChI is InChI=1S/C16H15ClF3N5O/c17-11-1-2-13(12(9-11)16(18,19)20)22-15-21-4-3-14(23-15)25-7-5-24(10-26)6-8-25/h1-4,9-10H,5-8H2,(H,21,22,23). The number of hydrogen-bond acceptors (Lipinski definition) is 5. The molecule has 3 rings (SSSR count). The summed E-state index contributed by atoms with van der Waals surface area (Å²) in [5.41, 5.74) is -1.07. The predicted octanol–water partition coefficient (Wildman–Crippen LogP) is 3.17. The number of anilines is 3. The molecule has 1 saturated heterocycles. The summed E-state index contributed by atoms with van der Waals surface area (Å²) in [5.74, 6) is 0.628. The van der Waals surface area contributed by atoms with Gasteiger partial charge in [-0.25, -0.2) is 4.98 Å². The van der Waals surface area contributed by atoms with Gasteiger partial charge in [0.15, 0.2) is 0 Å². The van der Waals surface area contributed by atoms with Crippen molar-refractivity contribution in [2.24, 2.45) is 0 Å². The van der Waals surface area contributed by atoms with Gasteiger partial charge in [0.2, 0.25) is 12.4 Å². The van der Waals surface area contributed by atoms with E-state index in [9.17, 15) is 18.0 Å². The molecule has 0 aliphatic carbocycles. The van der Waals surface area contributed by atoms with E-state index in [2.05, 4.69) is 15.3 Å². The van der Waals surface area contributed by atoms with Crippen LogP contribution >= 0.6 is 11.6 Å². The molecule has 1 aliphatic rings. The van der Waals surface area contributed by atoms with Crippen LogP contribution in [0, 0.1) is 0 Å². The first kappa shape index (κ1) is 18.2. The number of carbonyl (C=O) groups excluding carboxylic acids is 1. The highest BCUT2D eigenvalue weighted by atomic mass is 35.5. The third-order valence-corrected chi connectivity index (χ3v) is 4.20. The molecule has 1 aromatic heterocycles. The number of nitrogens with one attached hydrogen (secondary N) is 1. The van der Waals surface area contributed by atoms with Crippen LogP contribution in [-0.2, 0) is 11.0 Å². The Morgan fingerprint density at radius 3 is 2.54 bits per heavy atom. The molecule has 26 heavy (non-hydrogen) atoms. The maximum Gasteiger partial charge on any atom is 0.418 e. The molecule has 0 spiro atoms. The molecule has 0 radical (unpaired) electrons. The van der Waals surface area contributed by atoms with Gasteiger partial charge in [0.05, 0.1) is 11.3 Å². The van der Waals surface area contributed by atoms with Crippen molar-refractivity contribution in [2.75, 3.05) is 36.4 Å². The number of aromatic nitrogens is 2. The molecule has 1 aromatic carbocycles. The summed E-state index contributed by atoms with van der Waals surface area (Å²) in [6.45, 7) is 2.30. The fraction of sp³-hybridized carbons (Fsp3) is 0.312. The average Bonchev–Trinajstić information content (AvgIpc) is 2.63. The maximum atomic E-state index is 13.2. The van der Waals surface area contributed by atoms with Gasteiger partial charge in [-0.05, 0) is 24.3 Å². The van der Waals surface area contributed by atoms with Crippen LogP contribution in [0.3, 0.4) is 0 Å². The van der Waals surface area contributed by atoms with Gasteiger partial charge >= 0.3 is 6.18 Å². The number of benzene rings is 1. The molecule has 0 saturated carbocycles. The fourth-order valence-corrected chi connectivity index (χ4v) is 2.79. The fourth-order valence-electron chi connectivity index (χ4n) is 2.62. The molecular weight excluding hydrogens is 371 g/mol. The summed E-state index contributed by atoms with van der Waals surface area (Å²) < 4.78 is 39.6. The highest BCUT2D eigenvalue weighted by Gasteiger charge is 2.34. The van der Waals surface area contributed by atoms with E-state index >= 15 is 0 Å². The van der Waals surface area contributed by atoms with E-state index in [0.29, 0.717) is 32.0 Å². The Kier molecular flexibility index (Phi) is 5.17. The third-order valence-electron chi connectivity index (χ3n) is 3.96. The number of nitrogens with zero attached hydrogens (tertiary/aromatic N) is 4. The van der Waals surface area contributed by atoms with Crippen LogP contribution in [0.4, 0.5) is 30.6 Å². The number of carbonyl (C=O) groups is 1. The van der Waals surface area contributed by atoms with E-state index in [1.165, 1.54) is 18.3 Å². The van der Waals surface area contributed by atoms with Crippen molar-refractivity contribution in [3.8, 4) is 0 Å². The van der Waals surface area contributed by atoms with Gasteiger partial charge in [-0.3, -0.25) is 4.79 Å². The lowest BCUT2D eigenvalue weighted by Gasteiger charge is -2.33. The number of halogens is 4. The Labute approximate surface area is 152 Å². The first-order valence-electron chi connectivity index (χ1n) is 7.78. The molecule has 2 aromatic rings.